The average Bonchev–Trinajstić information content (AvgIpc) is 2.29. The normalized spacial score (nSPS) is 26.0. The first-order valence-electron chi connectivity index (χ1n) is 6.88. The lowest BCUT2D eigenvalue weighted by atomic mass is 10.1. The van der Waals surface area contributed by atoms with Gasteiger partial charge in [-0.2, -0.15) is 0 Å². The Hall–Kier alpha value is -0.560. The zero-order chi connectivity index (χ0) is 11.3. The molecule has 0 saturated carbocycles. The van der Waals surface area contributed by atoms with Crippen molar-refractivity contribution in [2.75, 3.05) is 13.2 Å². The summed E-state index contributed by atoms with van der Waals surface area (Å²) in [5.41, 5.74) is 0. The van der Waals surface area contributed by atoms with Crippen molar-refractivity contribution in [1.82, 2.24) is 0 Å². The molecule has 1 heteroatoms. The van der Waals surface area contributed by atoms with Gasteiger partial charge in [0.1, 0.15) is 0 Å². The third-order valence-electron chi connectivity index (χ3n) is 2.95. The van der Waals surface area contributed by atoms with Crippen LogP contribution in [0.15, 0.2) is 24.3 Å². The van der Waals surface area contributed by atoms with Gasteiger partial charge >= 0.3 is 0 Å². The van der Waals surface area contributed by atoms with Crippen LogP contribution in [-0.4, -0.2) is 13.2 Å². The predicted octanol–water partition coefficient (Wildman–Crippen LogP) is 4.64. The lowest BCUT2D eigenvalue weighted by Crippen LogP contribution is -1.94. The van der Waals surface area contributed by atoms with Crippen molar-refractivity contribution < 1.29 is 4.74 Å². The van der Waals surface area contributed by atoms with Crippen LogP contribution in [0.4, 0.5) is 0 Å². The summed E-state index contributed by atoms with van der Waals surface area (Å²) >= 11 is 0. The number of hydrogen-bond donors (Lipinski definition) is 0. The molecule has 0 saturated heterocycles. The van der Waals surface area contributed by atoms with Crippen LogP contribution in [0.25, 0.3) is 0 Å². The van der Waals surface area contributed by atoms with E-state index in [0.717, 1.165) is 13.2 Å². The Morgan fingerprint density at radius 2 is 1.12 bits per heavy atom. The molecule has 0 unspecified atom stereocenters. The molecule has 0 aliphatic carbocycles. The first-order valence-corrected chi connectivity index (χ1v) is 6.88. The zero-order valence-corrected chi connectivity index (χ0v) is 10.5. The molecule has 1 nitrogen and oxygen atoms in total. The molecule has 0 bridgehead atoms. The topological polar surface area (TPSA) is 9.23 Å². The van der Waals surface area contributed by atoms with Crippen molar-refractivity contribution in [1.29, 1.82) is 0 Å². The molecule has 0 spiro atoms. The van der Waals surface area contributed by atoms with Crippen LogP contribution < -0.4 is 0 Å². The van der Waals surface area contributed by atoms with Crippen LogP contribution >= 0.6 is 0 Å². The molecule has 0 radical (unpaired) electrons. The van der Waals surface area contributed by atoms with Gasteiger partial charge in [-0.25, -0.2) is 0 Å². The summed E-state index contributed by atoms with van der Waals surface area (Å²) in [5, 5.41) is 0. The Morgan fingerprint density at radius 1 is 0.562 bits per heavy atom. The fourth-order valence-electron chi connectivity index (χ4n) is 1.92. The fourth-order valence-corrected chi connectivity index (χ4v) is 1.92. The number of allylic oxidation sites excluding steroid dienone is 3. The molecule has 0 atom stereocenters. The largest absolute Gasteiger partial charge is 0.377 e. The second kappa shape index (κ2) is 10.9. The van der Waals surface area contributed by atoms with Crippen LogP contribution in [0.2, 0.25) is 0 Å². The van der Waals surface area contributed by atoms with Crippen LogP contribution in [0.1, 0.15) is 57.8 Å². The maximum atomic E-state index is 5.53. The molecule has 0 fully saturated rings. The molecule has 0 aromatic rings. The van der Waals surface area contributed by atoms with E-state index in [2.05, 4.69) is 24.3 Å². The Morgan fingerprint density at radius 3 is 1.81 bits per heavy atom. The van der Waals surface area contributed by atoms with Gasteiger partial charge in [0.05, 0.1) is 6.61 Å². The van der Waals surface area contributed by atoms with Crippen LogP contribution in [0.5, 0.6) is 0 Å². The summed E-state index contributed by atoms with van der Waals surface area (Å²) < 4.78 is 5.53. The highest BCUT2D eigenvalue weighted by Gasteiger charge is 1.90. The van der Waals surface area contributed by atoms with E-state index in [1.54, 1.807) is 0 Å². The minimum atomic E-state index is 0.805. The first-order chi connectivity index (χ1) is 8.00. The van der Waals surface area contributed by atoms with Gasteiger partial charge in [-0.15, -0.1) is 0 Å². The highest BCUT2D eigenvalue weighted by atomic mass is 16.5. The summed E-state index contributed by atoms with van der Waals surface area (Å²) in [6, 6.07) is 0. The van der Waals surface area contributed by atoms with E-state index in [4.69, 9.17) is 4.74 Å². The number of rotatable bonds is 0. The van der Waals surface area contributed by atoms with Crippen molar-refractivity contribution in [3.8, 4) is 0 Å². The van der Waals surface area contributed by atoms with E-state index in [0.29, 0.717) is 0 Å². The van der Waals surface area contributed by atoms with Gasteiger partial charge in [0, 0.05) is 6.61 Å². The molecule has 1 aliphatic heterocycles. The molecule has 0 amide bonds. The third kappa shape index (κ3) is 8.72. The summed E-state index contributed by atoms with van der Waals surface area (Å²) in [5.74, 6) is 0. The smallest absolute Gasteiger partial charge is 0.0647 e. The molecule has 16 heavy (non-hydrogen) atoms. The van der Waals surface area contributed by atoms with E-state index >= 15 is 0 Å². The van der Waals surface area contributed by atoms with Crippen molar-refractivity contribution in [3.63, 3.8) is 0 Å². The van der Waals surface area contributed by atoms with E-state index in [9.17, 15) is 0 Å². The van der Waals surface area contributed by atoms with Gasteiger partial charge in [-0.3, -0.25) is 0 Å². The van der Waals surface area contributed by atoms with Crippen LogP contribution in [0.3, 0.4) is 0 Å². The lowest BCUT2D eigenvalue weighted by Gasteiger charge is -2.01. The zero-order valence-electron chi connectivity index (χ0n) is 10.5. The highest BCUT2D eigenvalue weighted by Crippen LogP contribution is 2.07. The van der Waals surface area contributed by atoms with Gasteiger partial charge in [0.25, 0.3) is 0 Å². The second-order valence-corrected chi connectivity index (χ2v) is 4.51. The van der Waals surface area contributed by atoms with E-state index in [1.165, 1.54) is 57.8 Å². The Labute approximate surface area is 101 Å². The number of ether oxygens (including phenoxy) is 1. The molecule has 1 aliphatic rings. The van der Waals surface area contributed by atoms with E-state index in [-0.39, 0.29) is 0 Å². The quantitative estimate of drug-likeness (QED) is 0.542. The van der Waals surface area contributed by atoms with Gasteiger partial charge < -0.3 is 4.74 Å². The fraction of sp³-hybridized carbons (Fsp3) is 0.733. The van der Waals surface area contributed by atoms with Crippen molar-refractivity contribution in [2.45, 2.75) is 57.8 Å². The van der Waals surface area contributed by atoms with Crippen LogP contribution in [0, 0.1) is 0 Å². The summed E-state index contributed by atoms with van der Waals surface area (Å²) in [4.78, 5) is 0. The first kappa shape index (κ1) is 13.5. The summed E-state index contributed by atoms with van der Waals surface area (Å²) in [6.45, 7) is 1.73. The van der Waals surface area contributed by atoms with Crippen LogP contribution in [-0.2, 0) is 4.74 Å². The highest BCUT2D eigenvalue weighted by molar-refractivity contribution is 4.83. The van der Waals surface area contributed by atoms with E-state index < -0.39 is 0 Å². The van der Waals surface area contributed by atoms with Crippen molar-refractivity contribution >= 4 is 0 Å². The third-order valence-corrected chi connectivity index (χ3v) is 2.95. The molecule has 0 N–H and O–H groups in total. The molecule has 92 valence electrons. The molecule has 0 aromatic heterocycles. The standard InChI is InChI=1S/C15H26O/c1-2-4-6-8-10-12-14-16-15-13-11-9-7-5-3-1/h2,4,11,13H,1,3,5-10,12,14-15H2/b4-2+,13-11+. The Balaban J connectivity index is 2.14. The van der Waals surface area contributed by atoms with Crippen molar-refractivity contribution in [2.24, 2.45) is 0 Å². The van der Waals surface area contributed by atoms with Gasteiger partial charge in [-0.1, -0.05) is 37.1 Å². The monoisotopic (exact) mass is 222 g/mol. The molecule has 1 heterocycles. The minimum Gasteiger partial charge on any atom is -0.377 e. The summed E-state index contributed by atoms with van der Waals surface area (Å²) in [6.07, 6.45) is 20.7. The average molecular weight is 222 g/mol. The predicted molar refractivity (Wildman–Crippen MR) is 70.7 cm³/mol. The molecular formula is C15H26O. The van der Waals surface area contributed by atoms with Gasteiger partial charge in [0.15, 0.2) is 0 Å². The second-order valence-electron chi connectivity index (χ2n) is 4.51. The van der Waals surface area contributed by atoms with Crippen molar-refractivity contribution in [3.05, 3.63) is 24.3 Å². The maximum Gasteiger partial charge on any atom is 0.0647 e. The molecule has 0 aromatic carbocycles. The maximum absolute atomic E-state index is 5.53. The lowest BCUT2D eigenvalue weighted by molar-refractivity contribution is 0.157. The Bertz CT molecular complexity index is 174. The molecule has 1 rings (SSSR count). The Kier molecular flexibility index (Phi) is 9.24. The molecular weight excluding hydrogens is 196 g/mol. The van der Waals surface area contributed by atoms with Gasteiger partial charge in [0.2, 0.25) is 0 Å². The van der Waals surface area contributed by atoms with Gasteiger partial charge in [-0.05, 0) is 44.9 Å². The van der Waals surface area contributed by atoms with E-state index in [1.807, 2.05) is 0 Å². The summed E-state index contributed by atoms with van der Waals surface area (Å²) in [7, 11) is 0. The number of hydrogen-bond acceptors (Lipinski definition) is 1. The minimum absolute atomic E-state index is 0.805. The SMILES string of the molecule is C1=C/CCCCCOC/C=C/CCCCC/1.